The zero-order valence-electron chi connectivity index (χ0n) is 13.8. The van der Waals surface area contributed by atoms with Gasteiger partial charge >= 0.3 is 0 Å². The van der Waals surface area contributed by atoms with Crippen molar-refractivity contribution < 1.29 is 4.79 Å². The first kappa shape index (κ1) is 16.5. The van der Waals surface area contributed by atoms with Gasteiger partial charge in [0, 0.05) is 19.1 Å². The molecule has 3 rings (SSSR count). The predicted molar refractivity (Wildman–Crippen MR) is 97.9 cm³/mol. The minimum Gasteiger partial charge on any atom is -0.356 e. The van der Waals surface area contributed by atoms with Crippen LogP contribution < -0.4 is 10.2 Å². The fourth-order valence-electron chi connectivity index (χ4n) is 2.66. The Labute approximate surface area is 144 Å². The summed E-state index contributed by atoms with van der Waals surface area (Å²) in [7, 11) is 0. The molecule has 0 radical (unpaired) electrons. The number of thioether (sulfide) groups is 1. The molecule has 1 aliphatic heterocycles. The summed E-state index contributed by atoms with van der Waals surface area (Å²) in [5.41, 5.74) is 0. The Morgan fingerprint density at radius 3 is 2.83 bits per heavy atom. The van der Waals surface area contributed by atoms with Crippen molar-refractivity contribution in [3.8, 4) is 0 Å². The van der Waals surface area contributed by atoms with Crippen molar-refractivity contribution in [2.24, 2.45) is 0 Å². The van der Waals surface area contributed by atoms with Crippen LogP contribution in [0.25, 0.3) is 10.2 Å². The molecule has 3 heterocycles. The van der Waals surface area contributed by atoms with Crippen LogP contribution in [0.15, 0.2) is 11.2 Å². The third kappa shape index (κ3) is 3.45. The van der Waals surface area contributed by atoms with Crippen LogP contribution in [0.2, 0.25) is 0 Å². The Bertz CT molecular complexity index is 709. The van der Waals surface area contributed by atoms with E-state index in [0.717, 1.165) is 40.7 Å². The van der Waals surface area contributed by atoms with E-state index in [1.807, 2.05) is 19.2 Å². The Kier molecular flexibility index (Phi) is 5.06. The van der Waals surface area contributed by atoms with Crippen molar-refractivity contribution in [3.63, 3.8) is 0 Å². The molecule has 0 unspecified atom stereocenters. The van der Waals surface area contributed by atoms with Crippen molar-refractivity contribution in [1.82, 2.24) is 15.3 Å². The van der Waals surface area contributed by atoms with Gasteiger partial charge < -0.3 is 10.2 Å². The second-order valence-corrected chi connectivity index (χ2v) is 7.64. The molecule has 1 amide bonds. The molecule has 7 heteroatoms. The fourth-order valence-corrected chi connectivity index (χ4v) is 4.00. The lowest BCUT2D eigenvalue weighted by molar-refractivity contribution is 0.0943. The number of carbonyl (C=O) groups excluding carboxylic acids is 1. The molecule has 1 N–H and O–H groups in total. The van der Waals surface area contributed by atoms with Crippen molar-refractivity contribution >= 4 is 45.0 Å². The van der Waals surface area contributed by atoms with Gasteiger partial charge in [-0.3, -0.25) is 4.79 Å². The average Bonchev–Trinajstić information content (AvgIpc) is 3.22. The van der Waals surface area contributed by atoms with Gasteiger partial charge in [-0.2, -0.15) is 0 Å². The molecule has 0 saturated carbocycles. The highest BCUT2D eigenvalue weighted by Gasteiger charge is 2.21. The van der Waals surface area contributed by atoms with E-state index in [9.17, 15) is 4.79 Å². The smallest absolute Gasteiger partial charge is 0.261 e. The van der Waals surface area contributed by atoms with E-state index in [4.69, 9.17) is 4.98 Å². The highest BCUT2D eigenvalue weighted by atomic mass is 32.2. The largest absolute Gasteiger partial charge is 0.356 e. The van der Waals surface area contributed by atoms with Crippen molar-refractivity contribution in [1.29, 1.82) is 0 Å². The van der Waals surface area contributed by atoms with E-state index >= 15 is 0 Å². The zero-order chi connectivity index (χ0) is 16.4. The summed E-state index contributed by atoms with van der Waals surface area (Å²) in [6.45, 7) is 6.15. The highest BCUT2D eigenvalue weighted by molar-refractivity contribution is 7.98. The molecule has 124 valence electrons. The van der Waals surface area contributed by atoms with Crippen molar-refractivity contribution in [2.45, 2.75) is 44.3 Å². The maximum absolute atomic E-state index is 12.4. The Morgan fingerprint density at radius 1 is 1.43 bits per heavy atom. The van der Waals surface area contributed by atoms with E-state index in [1.165, 1.54) is 24.2 Å². The van der Waals surface area contributed by atoms with Gasteiger partial charge in [-0.1, -0.05) is 18.7 Å². The lowest BCUT2D eigenvalue weighted by Gasteiger charge is -2.17. The topological polar surface area (TPSA) is 58.1 Å². The van der Waals surface area contributed by atoms with Crippen LogP contribution in [0.1, 0.15) is 42.8 Å². The molecule has 0 aromatic carbocycles. The number of nitrogens with one attached hydrogen (secondary N) is 1. The zero-order valence-corrected chi connectivity index (χ0v) is 15.4. The maximum Gasteiger partial charge on any atom is 0.261 e. The van der Waals surface area contributed by atoms with Gasteiger partial charge in [-0.25, -0.2) is 9.97 Å². The summed E-state index contributed by atoms with van der Waals surface area (Å²) in [6, 6.07) is 2.13. The Hall–Kier alpha value is -1.34. The molecule has 1 aliphatic rings. The van der Waals surface area contributed by atoms with Gasteiger partial charge in [-0.15, -0.1) is 11.3 Å². The van der Waals surface area contributed by atoms with Crippen molar-refractivity contribution in [2.75, 3.05) is 24.2 Å². The summed E-state index contributed by atoms with van der Waals surface area (Å²) in [4.78, 5) is 25.6. The fraction of sp³-hybridized carbons (Fsp3) is 0.562. The van der Waals surface area contributed by atoms with Gasteiger partial charge in [0.1, 0.15) is 10.6 Å². The molecule has 1 saturated heterocycles. The lowest BCUT2D eigenvalue weighted by Crippen LogP contribution is -2.31. The van der Waals surface area contributed by atoms with E-state index in [0.29, 0.717) is 4.88 Å². The standard InChI is InChI=1S/C16H22N4OS2/c1-4-10(2)17-14(21)12-9-11-13(20-7-5-6-8-20)18-16(22-3)19-15(11)23-12/h9-10H,4-8H2,1-3H3,(H,17,21)/t10-/m0/s1. The summed E-state index contributed by atoms with van der Waals surface area (Å²) < 4.78 is 0. The molecule has 23 heavy (non-hydrogen) atoms. The van der Waals surface area contributed by atoms with Gasteiger partial charge in [0.05, 0.1) is 10.3 Å². The Balaban J connectivity index is 2.00. The first-order chi connectivity index (χ1) is 11.1. The van der Waals surface area contributed by atoms with Crippen LogP contribution in [-0.2, 0) is 0 Å². The van der Waals surface area contributed by atoms with Crippen LogP contribution in [0, 0.1) is 0 Å². The number of rotatable bonds is 5. The minimum absolute atomic E-state index is 0.0135. The number of amides is 1. The van der Waals surface area contributed by atoms with Crippen LogP contribution in [0.4, 0.5) is 5.82 Å². The summed E-state index contributed by atoms with van der Waals surface area (Å²) in [5, 5.41) is 4.81. The molecular weight excluding hydrogens is 328 g/mol. The normalized spacial score (nSPS) is 16.0. The molecule has 2 aromatic heterocycles. The van der Waals surface area contributed by atoms with Crippen LogP contribution in [0.3, 0.4) is 0 Å². The third-order valence-electron chi connectivity index (χ3n) is 4.15. The molecule has 1 fully saturated rings. The SMILES string of the molecule is CC[C@H](C)NC(=O)c1cc2c(N3CCCC3)nc(SC)nc2s1. The van der Waals surface area contributed by atoms with Crippen LogP contribution >= 0.6 is 23.1 Å². The number of hydrogen-bond donors (Lipinski definition) is 1. The molecule has 5 nitrogen and oxygen atoms in total. The van der Waals surface area contributed by atoms with E-state index in [2.05, 4.69) is 22.1 Å². The van der Waals surface area contributed by atoms with Gasteiger partial charge in [0.2, 0.25) is 0 Å². The number of fused-ring (bicyclic) bond motifs is 1. The third-order valence-corrected chi connectivity index (χ3v) is 5.73. The average molecular weight is 351 g/mol. The molecule has 0 bridgehead atoms. The van der Waals surface area contributed by atoms with E-state index < -0.39 is 0 Å². The molecule has 0 aliphatic carbocycles. The molecule has 2 aromatic rings. The number of thiophene rings is 1. The first-order valence-electron chi connectivity index (χ1n) is 8.03. The second kappa shape index (κ2) is 7.05. The number of aromatic nitrogens is 2. The summed E-state index contributed by atoms with van der Waals surface area (Å²) in [5.74, 6) is 0.969. The Morgan fingerprint density at radius 2 is 2.17 bits per heavy atom. The maximum atomic E-state index is 12.4. The number of hydrogen-bond acceptors (Lipinski definition) is 6. The van der Waals surface area contributed by atoms with Crippen molar-refractivity contribution in [3.05, 3.63) is 10.9 Å². The lowest BCUT2D eigenvalue weighted by atomic mass is 10.2. The molecule has 0 spiro atoms. The van der Waals surface area contributed by atoms with Gasteiger partial charge in [-0.05, 0) is 38.5 Å². The molecule has 1 atom stereocenters. The summed E-state index contributed by atoms with van der Waals surface area (Å²) in [6.07, 6.45) is 5.31. The van der Waals surface area contributed by atoms with Crippen LogP contribution in [0.5, 0.6) is 0 Å². The number of carbonyl (C=O) groups is 1. The molecular formula is C16H22N4OS2. The van der Waals surface area contributed by atoms with E-state index in [-0.39, 0.29) is 11.9 Å². The first-order valence-corrected chi connectivity index (χ1v) is 10.1. The number of anilines is 1. The van der Waals surface area contributed by atoms with Crippen LogP contribution in [-0.4, -0.2) is 41.3 Å². The van der Waals surface area contributed by atoms with Gasteiger partial charge in [0.25, 0.3) is 5.91 Å². The summed E-state index contributed by atoms with van der Waals surface area (Å²) >= 11 is 3.00. The predicted octanol–water partition coefficient (Wildman–Crippen LogP) is 3.54. The number of nitrogens with zero attached hydrogens (tertiary/aromatic N) is 3. The second-order valence-electron chi connectivity index (χ2n) is 5.84. The van der Waals surface area contributed by atoms with Gasteiger partial charge in [0.15, 0.2) is 5.16 Å². The highest BCUT2D eigenvalue weighted by Crippen LogP contribution is 2.34. The monoisotopic (exact) mass is 350 g/mol. The quantitative estimate of drug-likeness (QED) is 0.660. The van der Waals surface area contributed by atoms with E-state index in [1.54, 1.807) is 11.8 Å². The minimum atomic E-state index is -0.0135.